The summed E-state index contributed by atoms with van der Waals surface area (Å²) in [4.78, 5) is 4.63. The summed E-state index contributed by atoms with van der Waals surface area (Å²) in [6, 6.07) is 15.8. The number of aliphatic hydroxyl groups is 1. The summed E-state index contributed by atoms with van der Waals surface area (Å²) in [6.45, 7) is 1.65. The van der Waals surface area contributed by atoms with Crippen LogP contribution in [-0.4, -0.2) is 35.0 Å². The van der Waals surface area contributed by atoms with E-state index in [9.17, 15) is 5.11 Å². The number of hydrogen-bond donors (Lipinski definition) is 1. The number of ether oxygens (including phenoxy) is 2. The summed E-state index contributed by atoms with van der Waals surface area (Å²) < 4.78 is 13.2. The Kier molecular flexibility index (Phi) is 5.90. The van der Waals surface area contributed by atoms with Gasteiger partial charge in [0, 0.05) is 19.0 Å². The zero-order valence-corrected chi connectivity index (χ0v) is 14.5. The van der Waals surface area contributed by atoms with Gasteiger partial charge >= 0.3 is 0 Å². The van der Waals surface area contributed by atoms with Crippen molar-refractivity contribution < 1.29 is 14.6 Å². The first kappa shape index (κ1) is 17.3. The standard InChI is InChI=1S/C20H24N2O3/c1-24-16-7-6-8-17(15-16)25-14-5-4-12-22-19-10-3-2-9-18(19)21-20(22)11-13-23/h2-3,6-10,15,23H,4-5,11-14H2,1H3. The van der Waals surface area contributed by atoms with Crippen LogP contribution >= 0.6 is 0 Å². The van der Waals surface area contributed by atoms with Gasteiger partial charge in [-0.3, -0.25) is 0 Å². The summed E-state index contributed by atoms with van der Waals surface area (Å²) in [5, 5.41) is 9.26. The van der Waals surface area contributed by atoms with Crippen molar-refractivity contribution in [3.05, 3.63) is 54.4 Å². The van der Waals surface area contributed by atoms with Gasteiger partial charge in [0.1, 0.15) is 17.3 Å². The van der Waals surface area contributed by atoms with Gasteiger partial charge < -0.3 is 19.1 Å². The number of rotatable bonds is 9. The molecule has 0 saturated carbocycles. The van der Waals surface area contributed by atoms with Gasteiger partial charge in [-0.1, -0.05) is 18.2 Å². The lowest BCUT2D eigenvalue weighted by atomic mass is 10.3. The Labute approximate surface area is 147 Å². The van der Waals surface area contributed by atoms with Crippen molar-refractivity contribution in [3.8, 4) is 11.5 Å². The fourth-order valence-corrected chi connectivity index (χ4v) is 2.92. The highest BCUT2D eigenvalue weighted by Crippen LogP contribution is 2.20. The predicted molar refractivity (Wildman–Crippen MR) is 98.2 cm³/mol. The van der Waals surface area contributed by atoms with E-state index in [2.05, 4.69) is 15.6 Å². The summed E-state index contributed by atoms with van der Waals surface area (Å²) in [6.07, 6.45) is 2.51. The molecule has 5 heteroatoms. The van der Waals surface area contributed by atoms with Gasteiger partial charge in [0.15, 0.2) is 0 Å². The second-order valence-corrected chi connectivity index (χ2v) is 5.88. The van der Waals surface area contributed by atoms with Crippen molar-refractivity contribution >= 4 is 11.0 Å². The molecular weight excluding hydrogens is 316 g/mol. The third-order valence-electron chi connectivity index (χ3n) is 4.16. The summed E-state index contributed by atoms with van der Waals surface area (Å²) in [5.74, 6) is 2.57. The molecule has 0 unspecified atom stereocenters. The number of methoxy groups -OCH3 is 1. The van der Waals surface area contributed by atoms with Crippen molar-refractivity contribution in [2.24, 2.45) is 0 Å². The molecular formula is C20H24N2O3. The van der Waals surface area contributed by atoms with Crippen molar-refractivity contribution in [1.82, 2.24) is 9.55 Å². The van der Waals surface area contributed by atoms with E-state index < -0.39 is 0 Å². The lowest BCUT2D eigenvalue weighted by Gasteiger charge is -2.10. The van der Waals surface area contributed by atoms with E-state index in [0.717, 1.165) is 47.7 Å². The second-order valence-electron chi connectivity index (χ2n) is 5.88. The van der Waals surface area contributed by atoms with Gasteiger partial charge in [0.05, 0.1) is 31.4 Å². The zero-order valence-electron chi connectivity index (χ0n) is 14.5. The number of aromatic nitrogens is 2. The monoisotopic (exact) mass is 340 g/mol. The molecule has 1 N–H and O–H groups in total. The van der Waals surface area contributed by atoms with Crippen LogP contribution in [0.2, 0.25) is 0 Å². The number of aliphatic hydroxyl groups excluding tert-OH is 1. The van der Waals surface area contributed by atoms with Crippen LogP contribution in [0.15, 0.2) is 48.5 Å². The highest BCUT2D eigenvalue weighted by molar-refractivity contribution is 5.75. The Bertz CT molecular complexity index is 814. The fourth-order valence-electron chi connectivity index (χ4n) is 2.92. The van der Waals surface area contributed by atoms with Gasteiger partial charge in [0.25, 0.3) is 0 Å². The number of aryl methyl sites for hydroxylation is 1. The molecule has 5 nitrogen and oxygen atoms in total. The maximum Gasteiger partial charge on any atom is 0.122 e. The van der Waals surface area contributed by atoms with Gasteiger partial charge in [-0.05, 0) is 37.1 Å². The first-order valence-corrected chi connectivity index (χ1v) is 8.63. The van der Waals surface area contributed by atoms with Crippen molar-refractivity contribution in [3.63, 3.8) is 0 Å². The van der Waals surface area contributed by atoms with Crippen LogP contribution in [-0.2, 0) is 13.0 Å². The third-order valence-corrected chi connectivity index (χ3v) is 4.16. The SMILES string of the molecule is COc1cccc(OCCCCn2c(CCO)nc3ccccc32)c1. The lowest BCUT2D eigenvalue weighted by molar-refractivity contribution is 0.291. The molecule has 3 rings (SSSR count). The number of imidazole rings is 1. The van der Waals surface area contributed by atoms with Crippen LogP contribution in [0, 0.1) is 0 Å². The average molecular weight is 340 g/mol. The van der Waals surface area contributed by atoms with Crippen LogP contribution in [0.5, 0.6) is 11.5 Å². The Hall–Kier alpha value is -2.53. The molecule has 0 saturated heterocycles. The molecule has 1 aromatic heterocycles. The minimum Gasteiger partial charge on any atom is -0.497 e. The molecule has 2 aromatic carbocycles. The third kappa shape index (κ3) is 4.31. The first-order chi connectivity index (χ1) is 12.3. The largest absolute Gasteiger partial charge is 0.497 e. The summed E-state index contributed by atoms with van der Waals surface area (Å²) in [7, 11) is 1.65. The van der Waals surface area contributed by atoms with E-state index in [1.165, 1.54) is 0 Å². The van der Waals surface area contributed by atoms with E-state index in [-0.39, 0.29) is 6.61 Å². The maximum atomic E-state index is 9.26. The minimum absolute atomic E-state index is 0.113. The number of hydrogen-bond acceptors (Lipinski definition) is 4. The molecule has 0 bridgehead atoms. The van der Waals surface area contributed by atoms with Crippen molar-refractivity contribution in [1.29, 1.82) is 0 Å². The Morgan fingerprint density at radius 1 is 1.04 bits per heavy atom. The van der Waals surface area contributed by atoms with E-state index in [1.807, 2.05) is 42.5 Å². The van der Waals surface area contributed by atoms with Crippen LogP contribution in [0.3, 0.4) is 0 Å². The van der Waals surface area contributed by atoms with Gasteiger partial charge in [0.2, 0.25) is 0 Å². The molecule has 0 aliphatic heterocycles. The molecule has 25 heavy (non-hydrogen) atoms. The van der Waals surface area contributed by atoms with Crippen LogP contribution < -0.4 is 9.47 Å². The Morgan fingerprint density at radius 2 is 1.88 bits per heavy atom. The molecule has 0 spiro atoms. The summed E-state index contributed by atoms with van der Waals surface area (Å²) >= 11 is 0. The predicted octanol–water partition coefficient (Wildman–Crippen LogP) is 3.44. The minimum atomic E-state index is 0.113. The molecule has 0 aliphatic carbocycles. The number of nitrogens with zero attached hydrogens (tertiary/aromatic N) is 2. The lowest BCUT2D eigenvalue weighted by Crippen LogP contribution is -2.07. The van der Waals surface area contributed by atoms with E-state index in [0.29, 0.717) is 13.0 Å². The highest BCUT2D eigenvalue weighted by Gasteiger charge is 2.09. The number of para-hydroxylation sites is 2. The van der Waals surface area contributed by atoms with Crippen LogP contribution in [0.4, 0.5) is 0 Å². The zero-order chi connectivity index (χ0) is 17.5. The highest BCUT2D eigenvalue weighted by atomic mass is 16.5. The van der Waals surface area contributed by atoms with E-state index in [1.54, 1.807) is 7.11 Å². The molecule has 0 fully saturated rings. The van der Waals surface area contributed by atoms with Gasteiger partial charge in [-0.25, -0.2) is 4.98 Å². The molecule has 132 valence electrons. The molecule has 3 aromatic rings. The molecule has 0 aliphatic rings. The van der Waals surface area contributed by atoms with Crippen molar-refractivity contribution in [2.75, 3.05) is 20.3 Å². The number of fused-ring (bicyclic) bond motifs is 1. The first-order valence-electron chi connectivity index (χ1n) is 8.63. The molecule has 0 radical (unpaired) electrons. The normalized spacial score (nSPS) is 11.0. The summed E-state index contributed by atoms with van der Waals surface area (Å²) in [5.41, 5.74) is 2.11. The molecule has 0 amide bonds. The Balaban J connectivity index is 1.55. The Morgan fingerprint density at radius 3 is 2.72 bits per heavy atom. The average Bonchev–Trinajstić information content (AvgIpc) is 2.99. The topological polar surface area (TPSA) is 56.5 Å². The van der Waals surface area contributed by atoms with Crippen LogP contribution in [0.1, 0.15) is 18.7 Å². The number of unbranched alkanes of at least 4 members (excludes halogenated alkanes) is 1. The smallest absolute Gasteiger partial charge is 0.122 e. The van der Waals surface area contributed by atoms with Gasteiger partial charge in [-0.15, -0.1) is 0 Å². The van der Waals surface area contributed by atoms with Gasteiger partial charge in [-0.2, -0.15) is 0 Å². The quantitative estimate of drug-likeness (QED) is 0.606. The molecule has 1 heterocycles. The van der Waals surface area contributed by atoms with Crippen molar-refractivity contribution in [2.45, 2.75) is 25.8 Å². The fraction of sp³-hybridized carbons (Fsp3) is 0.350. The van der Waals surface area contributed by atoms with E-state index >= 15 is 0 Å². The van der Waals surface area contributed by atoms with Crippen LogP contribution in [0.25, 0.3) is 11.0 Å². The number of benzene rings is 2. The maximum absolute atomic E-state index is 9.26. The second kappa shape index (κ2) is 8.53. The molecule has 0 atom stereocenters. The van der Waals surface area contributed by atoms with E-state index in [4.69, 9.17) is 9.47 Å².